The predicted octanol–water partition coefficient (Wildman–Crippen LogP) is 3.16. The first-order chi connectivity index (χ1) is 8.66. The van der Waals surface area contributed by atoms with Crippen molar-refractivity contribution in [3.63, 3.8) is 0 Å². The van der Waals surface area contributed by atoms with Gasteiger partial charge in [-0.05, 0) is 6.92 Å². The minimum atomic E-state index is 0.243. The molecule has 1 aliphatic carbocycles. The highest BCUT2D eigenvalue weighted by Gasteiger charge is 2.32. The van der Waals surface area contributed by atoms with Crippen molar-refractivity contribution in [2.75, 3.05) is 0 Å². The van der Waals surface area contributed by atoms with E-state index in [4.69, 9.17) is 11.6 Å². The third kappa shape index (κ3) is 2.01. The molecule has 0 saturated heterocycles. The Kier molecular flexibility index (Phi) is 3.66. The maximum absolute atomic E-state index is 11.0. The molecule has 0 bridgehead atoms. The Bertz CT molecular complexity index is 583. The standard InChI is InChI=1S/C11H10ClN3O.C2H6/c1-6-9-10(12)13-2-3-15(9)11(14-6)7-4-8(16)5-7;1-2/h2-3,7H,4-5H2,1H3;1-2H3. The maximum Gasteiger partial charge on any atom is 0.154 e. The Labute approximate surface area is 111 Å². The molecule has 1 aliphatic rings. The van der Waals surface area contributed by atoms with Gasteiger partial charge in [-0.1, -0.05) is 25.4 Å². The van der Waals surface area contributed by atoms with E-state index in [0.29, 0.717) is 23.8 Å². The van der Waals surface area contributed by atoms with Crippen molar-refractivity contribution in [3.8, 4) is 0 Å². The van der Waals surface area contributed by atoms with Crippen molar-refractivity contribution >= 4 is 22.9 Å². The lowest BCUT2D eigenvalue weighted by atomic mass is 9.83. The van der Waals surface area contributed by atoms with E-state index < -0.39 is 0 Å². The summed E-state index contributed by atoms with van der Waals surface area (Å²) in [7, 11) is 0. The van der Waals surface area contributed by atoms with Gasteiger partial charge in [0.25, 0.3) is 0 Å². The quantitative estimate of drug-likeness (QED) is 0.796. The maximum atomic E-state index is 11.0. The van der Waals surface area contributed by atoms with E-state index in [0.717, 1.165) is 17.0 Å². The van der Waals surface area contributed by atoms with Crippen LogP contribution in [-0.4, -0.2) is 20.2 Å². The van der Waals surface area contributed by atoms with Gasteiger partial charge in [0.05, 0.1) is 5.69 Å². The number of carbonyl (C=O) groups is 1. The van der Waals surface area contributed by atoms with Crippen LogP contribution in [0.2, 0.25) is 5.15 Å². The normalized spacial score (nSPS) is 15.2. The van der Waals surface area contributed by atoms with Crippen molar-refractivity contribution in [2.24, 2.45) is 0 Å². The van der Waals surface area contributed by atoms with Gasteiger partial charge in [0.1, 0.15) is 17.1 Å². The summed E-state index contributed by atoms with van der Waals surface area (Å²) in [6.45, 7) is 5.91. The lowest BCUT2D eigenvalue weighted by Gasteiger charge is -2.22. The first-order valence-corrected chi connectivity index (χ1v) is 6.55. The monoisotopic (exact) mass is 265 g/mol. The zero-order valence-electron chi connectivity index (χ0n) is 10.8. The van der Waals surface area contributed by atoms with Crippen molar-refractivity contribution in [1.82, 2.24) is 14.4 Å². The first kappa shape index (κ1) is 13.0. The highest BCUT2D eigenvalue weighted by molar-refractivity contribution is 6.32. The number of imidazole rings is 1. The van der Waals surface area contributed by atoms with Gasteiger partial charge in [-0.15, -0.1) is 0 Å². The van der Waals surface area contributed by atoms with Crippen LogP contribution >= 0.6 is 11.6 Å². The zero-order valence-corrected chi connectivity index (χ0v) is 11.5. The number of carbonyl (C=O) groups excluding carboxylic acids is 1. The summed E-state index contributed by atoms with van der Waals surface area (Å²) in [6, 6.07) is 0. The zero-order chi connectivity index (χ0) is 13.3. The van der Waals surface area contributed by atoms with Crippen LogP contribution in [0.5, 0.6) is 0 Å². The topological polar surface area (TPSA) is 47.3 Å². The third-order valence-electron chi connectivity index (χ3n) is 3.02. The summed E-state index contributed by atoms with van der Waals surface area (Å²) in [6.07, 6.45) is 4.69. The molecule has 5 heteroatoms. The van der Waals surface area contributed by atoms with E-state index in [9.17, 15) is 4.79 Å². The molecule has 0 atom stereocenters. The van der Waals surface area contributed by atoms with Gasteiger partial charge in [0.15, 0.2) is 5.15 Å². The molecule has 3 rings (SSSR count). The summed E-state index contributed by atoms with van der Waals surface area (Å²) >= 11 is 6.03. The van der Waals surface area contributed by atoms with Crippen LogP contribution in [-0.2, 0) is 4.79 Å². The number of halogens is 1. The molecule has 0 radical (unpaired) electrons. The second kappa shape index (κ2) is 5.06. The molecule has 1 fully saturated rings. The average Bonchev–Trinajstić information content (AvgIpc) is 2.67. The number of rotatable bonds is 1. The number of aryl methyl sites for hydroxylation is 1. The number of fused-ring (bicyclic) bond motifs is 1. The number of Topliss-reactive ketones (excluding diaryl/α,β-unsaturated/α-hetero) is 1. The van der Waals surface area contributed by atoms with E-state index in [1.807, 2.05) is 31.4 Å². The first-order valence-electron chi connectivity index (χ1n) is 6.17. The van der Waals surface area contributed by atoms with E-state index in [1.165, 1.54) is 0 Å². The van der Waals surface area contributed by atoms with E-state index in [1.54, 1.807) is 6.20 Å². The van der Waals surface area contributed by atoms with E-state index >= 15 is 0 Å². The van der Waals surface area contributed by atoms with Crippen molar-refractivity contribution < 1.29 is 4.79 Å². The van der Waals surface area contributed by atoms with Gasteiger partial charge < -0.3 is 0 Å². The van der Waals surface area contributed by atoms with Gasteiger partial charge >= 0.3 is 0 Å². The molecule has 0 N–H and O–H groups in total. The lowest BCUT2D eigenvalue weighted by Crippen LogP contribution is -2.23. The molecular formula is C13H16ClN3O. The van der Waals surface area contributed by atoms with Crippen LogP contribution in [0.15, 0.2) is 12.4 Å². The van der Waals surface area contributed by atoms with Crippen molar-refractivity contribution in [1.29, 1.82) is 0 Å². The summed E-state index contributed by atoms with van der Waals surface area (Å²) in [5.74, 6) is 1.48. The van der Waals surface area contributed by atoms with Crippen LogP contribution in [0.1, 0.15) is 44.1 Å². The lowest BCUT2D eigenvalue weighted by molar-refractivity contribution is -0.124. The molecule has 2 heterocycles. The van der Waals surface area contributed by atoms with Gasteiger partial charge in [-0.3, -0.25) is 9.20 Å². The fourth-order valence-corrected chi connectivity index (χ4v) is 2.44. The van der Waals surface area contributed by atoms with Gasteiger partial charge in [0.2, 0.25) is 0 Å². The Hall–Kier alpha value is -1.42. The molecule has 2 aromatic rings. The van der Waals surface area contributed by atoms with Crippen molar-refractivity contribution in [3.05, 3.63) is 29.1 Å². The van der Waals surface area contributed by atoms with E-state index in [-0.39, 0.29) is 5.92 Å². The molecular weight excluding hydrogens is 250 g/mol. The van der Waals surface area contributed by atoms with Crippen LogP contribution in [0.4, 0.5) is 0 Å². The largest absolute Gasteiger partial charge is 0.300 e. The number of hydrogen-bond donors (Lipinski definition) is 0. The minimum absolute atomic E-state index is 0.243. The second-order valence-corrected chi connectivity index (χ2v) is 4.49. The van der Waals surface area contributed by atoms with Gasteiger partial charge in [-0.2, -0.15) is 0 Å². The summed E-state index contributed by atoms with van der Waals surface area (Å²) in [5.41, 5.74) is 1.71. The van der Waals surface area contributed by atoms with Crippen molar-refractivity contribution in [2.45, 2.75) is 39.5 Å². The number of ketones is 1. The van der Waals surface area contributed by atoms with Crippen LogP contribution < -0.4 is 0 Å². The Balaban J connectivity index is 0.000000574. The molecule has 0 unspecified atom stereocenters. The Morgan fingerprint density at radius 2 is 2.06 bits per heavy atom. The summed E-state index contributed by atoms with van der Waals surface area (Å²) in [4.78, 5) is 19.5. The number of hydrogen-bond acceptors (Lipinski definition) is 3. The predicted molar refractivity (Wildman–Crippen MR) is 71.1 cm³/mol. The van der Waals surface area contributed by atoms with Gasteiger partial charge in [0, 0.05) is 31.2 Å². The van der Waals surface area contributed by atoms with Crippen LogP contribution in [0.3, 0.4) is 0 Å². The highest BCUT2D eigenvalue weighted by atomic mass is 35.5. The molecule has 2 aromatic heterocycles. The molecule has 0 aliphatic heterocycles. The molecule has 18 heavy (non-hydrogen) atoms. The summed E-state index contributed by atoms with van der Waals surface area (Å²) < 4.78 is 1.95. The Morgan fingerprint density at radius 3 is 2.67 bits per heavy atom. The second-order valence-electron chi connectivity index (χ2n) is 4.14. The fraction of sp³-hybridized carbons (Fsp3) is 0.462. The molecule has 1 saturated carbocycles. The highest BCUT2D eigenvalue weighted by Crippen LogP contribution is 2.34. The Morgan fingerprint density at radius 1 is 1.39 bits per heavy atom. The number of aromatic nitrogens is 3. The average molecular weight is 266 g/mol. The summed E-state index contributed by atoms with van der Waals surface area (Å²) in [5, 5.41) is 0.462. The SMILES string of the molecule is CC.Cc1nc(C2CC(=O)C2)n2ccnc(Cl)c12. The molecule has 0 aromatic carbocycles. The third-order valence-corrected chi connectivity index (χ3v) is 3.30. The molecule has 0 spiro atoms. The fourth-order valence-electron chi connectivity index (χ4n) is 2.15. The minimum Gasteiger partial charge on any atom is -0.300 e. The molecule has 4 nitrogen and oxygen atoms in total. The van der Waals surface area contributed by atoms with Gasteiger partial charge in [-0.25, -0.2) is 9.97 Å². The molecule has 0 amide bonds. The molecule has 96 valence electrons. The van der Waals surface area contributed by atoms with Crippen LogP contribution in [0.25, 0.3) is 5.52 Å². The van der Waals surface area contributed by atoms with E-state index in [2.05, 4.69) is 9.97 Å². The number of nitrogens with zero attached hydrogens (tertiary/aromatic N) is 3. The van der Waals surface area contributed by atoms with Crippen LogP contribution in [0, 0.1) is 6.92 Å². The smallest absolute Gasteiger partial charge is 0.154 e.